The van der Waals surface area contributed by atoms with Crippen molar-refractivity contribution < 1.29 is 9.50 Å². The summed E-state index contributed by atoms with van der Waals surface area (Å²) in [6, 6.07) is 12.1. The van der Waals surface area contributed by atoms with Crippen LogP contribution in [0.15, 0.2) is 42.5 Å². The maximum absolute atomic E-state index is 13.9. The molecule has 0 aromatic heterocycles. The minimum Gasteiger partial charge on any atom is -0.396 e. The lowest BCUT2D eigenvalue weighted by atomic mass is 9.92. The smallest absolute Gasteiger partial charge is 0.144 e. The number of rotatable bonds is 4. The van der Waals surface area contributed by atoms with E-state index in [1.807, 2.05) is 18.2 Å². The summed E-state index contributed by atoms with van der Waals surface area (Å²) in [4.78, 5) is 0. The molecule has 0 radical (unpaired) electrons. The molecule has 0 spiro atoms. The van der Waals surface area contributed by atoms with Gasteiger partial charge >= 0.3 is 0 Å². The monoisotopic (exact) mass is 298 g/mol. The standard InChI is InChI=1S/C15H13Cl2FO/c16-13-6-2-1-5-12(13)11(9-19)8-10-4-3-7-14(17)15(10)18/h1-7,11,19H,8-9H2. The summed E-state index contributed by atoms with van der Waals surface area (Å²) >= 11 is 11.9. The Hall–Kier alpha value is -1.09. The summed E-state index contributed by atoms with van der Waals surface area (Å²) < 4.78 is 13.9. The van der Waals surface area contributed by atoms with Crippen molar-refractivity contribution in [1.29, 1.82) is 0 Å². The highest BCUT2D eigenvalue weighted by atomic mass is 35.5. The van der Waals surface area contributed by atoms with Gasteiger partial charge in [-0.1, -0.05) is 53.5 Å². The number of benzene rings is 2. The van der Waals surface area contributed by atoms with Crippen molar-refractivity contribution >= 4 is 23.2 Å². The van der Waals surface area contributed by atoms with Gasteiger partial charge in [-0.2, -0.15) is 0 Å². The maximum atomic E-state index is 13.9. The molecule has 0 heterocycles. The van der Waals surface area contributed by atoms with E-state index in [9.17, 15) is 9.50 Å². The van der Waals surface area contributed by atoms with E-state index in [1.165, 1.54) is 6.07 Å². The Morgan fingerprint density at radius 2 is 1.68 bits per heavy atom. The van der Waals surface area contributed by atoms with Crippen molar-refractivity contribution in [3.8, 4) is 0 Å². The van der Waals surface area contributed by atoms with Crippen LogP contribution in [0, 0.1) is 5.82 Å². The van der Waals surface area contributed by atoms with Gasteiger partial charge in [-0.15, -0.1) is 0 Å². The molecule has 0 aliphatic carbocycles. The highest BCUT2D eigenvalue weighted by Crippen LogP contribution is 2.29. The first-order valence-corrected chi connectivity index (χ1v) is 6.67. The molecule has 1 N–H and O–H groups in total. The molecule has 4 heteroatoms. The molecule has 1 atom stereocenters. The van der Waals surface area contributed by atoms with Crippen molar-refractivity contribution in [2.75, 3.05) is 6.61 Å². The maximum Gasteiger partial charge on any atom is 0.144 e. The van der Waals surface area contributed by atoms with Crippen LogP contribution in [0.1, 0.15) is 17.0 Å². The quantitative estimate of drug-likeness (QED) is 0.884. The third-order valence-electron chi connectivity index (χ3n) is 3.06. The fraction of sp³-hybridized carbons (Fsp3) is 0.200. The van der Waals surface area contributed by atoms with E-state index < -0.39 is 5.82 Å². The molecular formula is C15H13Cl2FO. The van der Waals surface area contributed by atoms with Gasteiger partial charge in [0, 0.05) is 10.9 Å². The molecule has 100 valence electrons. The van der Waals surface area contributed by atoms with E-state index in [1.54, 1.807) is 18.2 Å². The highest BCUT2D eigenvalue weighted by Gasteiger charge is 2.17. The predicted octanol–water partition coefficient (Wildman–Crippen LogP) is 4.45. The van der Waals surface area contributed by atoms with Gasteiger partial charge in [0.05, 0.1) is 11.6 Å². The van der Waals surface area contributed by atoms with Crippen molar-refractivity contribution in [2.24, 2.45) is 0 Å². The Labute approximate surface area is 121 Å². The topological polar surface area (TPSA) is 20.2 Å². The Kier molecular flexibility index (Phi) is 4.81. The van der Waals surface area contributed by atoms with E-state index in [0.29, 0.717) is 17.0 Å². The molecule has 0 amide bonds. The van der Waals surface area contributed by atoms with Gasteiger partial charge in [-0.05, 0) is 29.7 Å². The normalized spacial score (nSPS) is 12.4. The van der Waals surface area contributed by atoms with E-state index >= 15 is 0 Å². The Balaban J connectivity index is 2.30. The molecule has 0 aliphatic heterocycles. The molecule has 0 fully saturated rings. The molecule has 1 unspecified atom stereocenters. The van der Waals surface area contributed by atoms with Crippen molar-refractivity contribution in [3.63, 3.8) is 0 Å². The largest absolute Gasteiger partial charge is 0.396 e. The number of aliphatic hydroxyl groups excluding tert-OH is 1. The lowest BCUT2D eigenvalue weighted by molar-refractivity contribution is 0.264. The Morgan fingerprint density at radius 1 is 1.00 bits per heavy atom. The fourth-order valence-corrected chi connectivity index (χ4v) is 2.53. The van der Waals surface area contributed by atoms with Crippen LogP contribution in [0.2, 0.25) is 10.0 Å². The lowest BCUT2D eigenvalue weighted by Crippen LogP contribution is -2.09. The number of aliphatic hydroxyl groups is 1. The number of halogens is 3. The van der Waals surface area contributed by atoms with Crippen LogP contribution in [0.5, 0.6) is 0 Å². The van der Waals surface area contributed by atoms with Crippen LogP contribution in [0.25, 0.3) is 0 Å². The zero-order chi connectivity index (χ0) is 13.8. The Morgan fingerprint density at radius 3 is 2.37 bits per heavy atom. The van der Waals surface area contributed by atoms with Gasteiger partial charge in [0.2, 0.25) is 0 Å². The first-order chi connectivity index (χ1) is 9.13. The van der Waals surface area contributed by atoms with E-state index in [2.05, 4.69) is 0 Å². The molecular weight excluding hydrogens is 286 g/mol. The Bertz CT molecular complexity index is 572. The molecule has 0 saturated carbocycles. The van der Waals surface area contributed by atoms with Gasteiger partial charge in [0.25, 0.3) is 0 Å². The predicted molar refractivity (Wildman–Crippen MR) is 76.4 cm³/mol. The van der Waals surface area contributed by atoms with Gasteiger partial charge < -0.3 is 5.11 Å². The minimum absolute atomic E-state index is 0.0911. The summed E-state index contributed by atoms with van der Waals surface area (Å²) in [6.07, 6.45) is 0.354. The van der Waals surface area contributed by atoms with Gasteiger partial charge in [0.1, 0.15) is 5.82 Å². The summed E-state index contributed by atoms with van der Waals surface area (Å²) in [7, 11) is 0. The van der Waals surface area contributed by atoms with E-state index in [4.69, 9.17) is 23.2 Å². The fourth-order valence-electron chi connectivity index (χ4n) is 2.05. The van der Waals surface area contributed by atoms with Crippen LogP contribution < -0.4 is 0 Å². The van der Waals surface area contributed by atoms with Crippen LogP contribution in [-0.2, 0) is 6.42 Å². The number of hydrogen-bond acceptors (Lipinski definition) is 1. The third-order valence-corrected chi connectivity index (χ3v) is 3.70. The van der Waals surface area contributed by atoms with Crippen molar-refractivity contribution in [3.05, 3.63) is 69.5 Å². The first kappa shape index (κ1) is 14.3. The average molecular weight is 299 g/mol. The molecule has 0 bridgehead atoms. The highest BCUT2D eigenvalue weighted by molar-refractivity contribution is 6.31. The van der Waals surface area contributed by atoms with E-state index in [0.717, 1.165) is 5.56 Å². The second kappa shape index (κ2) is 6.38. The molecule has 19 heavy (non-hydrogen) atoms. The number of hydrogen-bond donors (Lipinski definition) is 1. The summed E-state index contributed by atoms with van der Waals surface area (Å²) in [5.41, 5.74) is 1.29. The van der Waals surface area contributed by atoms with E-state index in [-0.39, 0.29) is 17.5 Å². The van der Waals surface area contributed by atoms with Crippen molar-refractivity contribution in [1.82, 2.24) is 0 Å². The molecule has 2 rings (SSSR count). The minimum atomic E-state index is -0.435. The van der Waals surface area contributed by atoms with Gasteiger partial charge in [-0.25, -0.2) is 4.39 Å². The second-order valence-electron chi connectivity index (χ2n) is 4.32. The summed E-state index contributed by atoms with van der Waals surface area (Å²) in [5, 5.41) is 10.2. The van der Waals surface area contributed by atoms with Gasteiger partial charge in [-0.3, -0.25) is 0 Å². The summed E-state index contributed by atoms with van der Waals surface area (Å²) in [6.45, 7) is -0.102. The SMILES string of the molecule is OCC(Cc1cccc(Cl)c1F)c1ccccc1Cl. The molecule has 2 aromatic rings. The second-order valence-corrected chi connectivity index (χ2v) is 5.13. The molecule has 0 aliphatic rings. The van der Waals surface area contributed by atoms with Crippen molar-refractivity contribution in [2.45, 2.75) is 12.3 Å². The van der Waals surface area contributed by atoms with Crippen LogP contribution in [0.4, 0.5) is 4.39 Å². The zero-order valence-electron chi connectivity index (χ0n) is 10.1. The van der Waals surface area contributed by atoms with Gasteiger partial charge in [0.15, 0.2) is 0 Å². The average Bonchev–Trinajstić information content (AvgIpc) is 2.41. The zero-order valence-corrected chi connectivity index (χ0v) is 11.6. The lowest BCUT2D eigenvalue weighted by Gasteiger charge is -2.16. The van der Waals surface area contributed by atoms with Crippen LogP contribution in [0.3, 0.4) is 0 Å². The van der Waals surface area contributed by atoms with Crippen LogP contribution >= 0.6 is 23.2 Å². The summed E-state index contributed by atoms with van der Waals surface area (Å²) in [5.74, 6) is -0.684. The molecule has 1 nitrogen and oxygen atoms in total. The molecule has 0 saturated heterocycles. The molecule has 2 aromatic carbocycles. The van der Waals surface area contributed by atoms with Crippen LogP contribution in [-0.4, -0.2) is 11.7 Å². The third kappa shape index (κ3) is 3.27. The first-order valence-electron chi connectivity index (χ1n) is 5.91.